The second-order valence-corrected chi connectivity index (χ2v) is 7.51. The zero-order valence-electron chi connectivity index (χ0n) is 18.5. The maximum absolute atomic E-state index is 14.4. The van der Waals surface area contributed by atoms with Crippen LogP contribution in [-0.4, -0.2) is 52.5 Å². The van der Waals surface area contributed by atoms with Crippen molar-refractivity contribution in [2.75, 3.05) is 46.6 Å². The molecular weight excluding hydrogens is 524 g/mol. The zero-order valence-corrected chi connectivity index (χ0v) is 20.8. The molecule has 3 rings (SSSR count). The quantitative estimate of drug-likeness (QED) is 0.186. The molecule has 8 heteroatoms. The topological polar surface area (TPSA) is 64.1 Å². The lowest BCUT2D eigenvalue weighted by Gasteiger charge is -2.13. The summed E-state index contributed by atoms with van der Waals surface area (Å²) >= 11 is 0. The second kappa shape index (κ2) is 15.0. The SMILES string of the molecule is CN=C(NCCCOCC1CCOC1)NCCc1ccc(Oc2ccccc2)c(F)c1.I. The lowest BCUT2D eigenvalue weighted by molar-refractivity contribution is 0.0888. The summed E-state index contributed by atoms with van der Waals surface area (Å²) in [5, 5.41) is 6.53. The molecule has 1 unspecified atom stereocenters. The third kappa shape index (κ3) is 9.30. The first-order valence-corrected chi connectivity index (χ1v) is 10.9. The van der Waals surface area contributed by atoms with Gasteiger partial charge in [-0.3, -0.25) is 4.99 Å². The van der Waals surface area contributed by atoms with E-state index >= 15 is 0 Å². The number of para-hydroxylation sites is 1. The van der Waals surface area contributed by atoms with Gasteiger partial charge in [-0.15, -0.1) is 24.0 Å². The van der Waals surface area contributed by atoms with E-state index in [4.69, 9.17) is 14.2 Å². The van der Waals surface area contributed by atoms with Crippen molar-refractivity contribution in [2.24, 2.45) is 10.9 Å². The molecule has 1 saturated heterocycles. The lowest BCUT2D eigenvalue weighted by atomic mass is 10.1. The monoisotopic (exact) mass is 557 g/mol. The van der Waals surface area contributed by atoms with Gasteiger partial charge in [-0.2, -0.15) is 0 Å². The predicted molar refractivity (Wildman–Crippen MR) is 136 cm³/mol. The Morgan fingerprint density at radius 3 is 2.69 bits per heavy atom. The first-order chi connectivity index (χ1) is 15.2. The normalized spacial score (nSPS) is 15.8. The summed E-state index contributed by atoms with van der Waals surface area (Å²) in [6.45, 7) is 4.60. The van der Waals surface area contributed by atoms with Gasteiger partial charge in [0.15, 0.2) is 17.5 Å². The molecule has 6 nitrogen and oxygen atoms in total. The van der Waals surface area contributed by atoms with Crippen LogP contribution >= 0.6 is 24.0 Å². The molecule has 0 radical (unpaired) electrons. The molecule has 2 N–H and O–H groups in total. The minimum atomic E-state index is -0.368. The van der Waals surface area contributed by atoms with E-state index in [-0.39, 0.29) is 35.5 Å². The molecule has 0 spiro atoms. The average Bonchev–Trinajstić information content (AvgIpc) is 3.31. The minimum absolute atomic E-state index is 0. The number of benzene rings is 2. The number of hydrogen-bond donors (Lipinski definition) is 2. The Morgan fingerprint density at radius 1 is 1.16 bits per heavy atom. The summed E-state index contributed by atoms with van der Waals surface area (Å²) in [5.74, 6) is 1.75. The zero-order chi connectivity index (χ0) is 21.7. The van der Waals surface area contributed by atoms with Gasteiger partial charge in [-0.1, -0.05) is 24.3 Å². The van der Waals surface area contributed by atoms with E-state index in [1.165, 1.54) is 6.07 Å². The molecule has 0 amide bonds. The molecule has 1 aliphatic rings. The van der Waals surface area contributed by atoms with Crippen molar-refractivity contribution in [3.05, 3.63) is 59.9 Å². The molecule has 0 bridgehead atoms. The summed E-state index contributed by atoms with van der Waals surface area (Å²) in [4.78, 5) is 4.22. The van der Waals surface area contributed by atoms with Crippen molar-refractivity contribution in [1.82, 2.24) is 10.6 Å². The van der Waals surface area contributed by atoms with Crippen molar-refractivity contribution in [2.45, 2.75) is 19.3 Å². The Morgan fingerprint density at radius 2 is 1.97 bits per heavy atom. The molecule has 0 aromatic heterocycles. The Labute approximate surface area is 207 Å². The fourth-order valence-electron chi connectivity index (χ4n) is 3.29. The van der Waals surface area contributed by atoms with Crippen molar-refractivity contribution in [1.29, 1.82) is 0 Å². The minimum Gasteiger partial charge on any atom is -0.454 e. The van der Waals surface area contributed by atoms with Gasteiger partial charge in [0.2, 0.25) is 0 Å². The summed E-state index contributed by atoms with van der Waals surface area (Å²) < 4.78 is 31.0. The highest BCUT2D eigenvalue weighted by molar-refractivity contribution is 14.0. The molecule has 2 aromatic rings. The number of rotatable bonds is 11. The van der Waals surface area contributed by atoms with Crippen molar-refractivity contribution in [3.63, 3.8) is 0 Å². The Bertz CT molecular complexity index is 817. The molecule has 1 atom stereocenters. The second-order valence-electron chi connectivity index (χ2n) is 7.51. The number of hydrogen-bond acceptors (Lipinski definition) is 4. The van der Waals surface area contributed by atoms with Crippen LogP contribution < -0.4 is 15.4 Å². The van der Waals surface area contributed by atoms with Crippen LogP contribution in [0.5, 0.6) is 11.5 Å². The standard InChI is InChI=1S/C24H32FN3O3.HI/c1-26-24(27-12-5-14-29-17-20-11-15-30-18-20)28-13-10-19-8-9-23(22(25)16-19)31-21-6-3-2-4-7-21;/h2-4,6-9,16,20H,5,10-15,17-18H2,1H3,(H2,26,27,28);1H. The third-order valence-corrected chi connectivity index (χ3v) is 5.03. The molecular formula is C24H33FIN3O3. The van der Waals surface area contributed by atoms with E-state index in [2.05, 4.69) is 15.6 Å². The van der Waals surface area contributed by atoms with Crippen LogP contribution in [0, 0.1) is 11.7 Å². The van der Waals surface area contributed by atoms with Crippen LogP contribution in [0.2, 0.25) is 0 Å². The van der Waals surface area contributed by atoms with Gasteiger partial charge in [0.1, 0.15) is 5.75 Å². The van der Waals surface area contributed by atoms with Crippen LogP contribution in [0.1, 0.15) is 18.4 Å². The van der Waals surface area contributed by atoms with Crippen LogP contribution in [-0.2, 0) is 15.9 Å². The van der Waals surface area contributed by atoms with Crippen molar-refractivity contribution >= 4 is 29.9 Å². The maximum Gasteiger partial charge on any atom is 0.190 e. The molecule has 0 aliphatic carbocycles. The van der Waals surface area contributed by atoms with Gasteiger partial charge in [0.05, 0.1) is 13.2 Å². The number of ether oxygens (including phenoxy) is 3. The maximum atomic E-state index is 14.4. The highest BCUT2D eigenvalue weighted by Crippen LogP contribution is 2.25. The van der Waals surface area contributed by atoms with Crippen LogP contribution in [0.25, 0.3) is 0 Å². The largest absolute Gasteiger partial charge is 0.454 e. The molecule has 2 aromatic carbocycles. The molecule has 1 fully saturated rings. The van der Waals surface area contributed by atoms with Gasteiger partial charge in [0.25, 0.3) is 0 Å². The number of halogens is 2. The first-order valence-electron chi connectivity index (χ1n) is 10.9. The molecule has 1 heterocycles. The van der Waals surface area contributed by atoms with E-state index in [0.717, 1.165) is 57.3 Å². The first kappa shape index (κ1) is 26.3. The van der Waals surface area contributed by atoms with Gasteiger partial charge in [0, 0.05) is 39.3 Å². The van der Waals surface area contributed by atoms with Gasteiger partial charge >= 0.3 is 0 Å². The van der Waals surface area contributed by atoms with E-state index in [1.54, 1.807) is 25.2 Å². The summed E-state index contributed by atoms with van der Waals surface area (Å²) in [5.41, 5.74) is 0.894. The number of nitrogens with zero attached hydrogens (tertiary/aromatic N) is 1. The van der Waals surface area contributed by atoms with Crippen LogP contribution in [0.4, 0.5) is 4.39 Å². The van der Waals surface area contributed by atoms with E-state index in [9.17, 15) is 4.39 Å². The van der Waals surface area contributed by atoms with E-state index in [0.29, 0.717) is 24.6 Å². The summed E-state index contributed by atoms with van der Waals surface area (Å²) in [6, 6.07) is 14.3. The Hall–Kier alpha value is -1.91. The molecule has 0 saturated carbocycles. The summed E-state index contributed by atoms with van der Waals surface area (Å²) in [6.07, 6.45) is 2.68. The van der Waals surface area contributed by atoms with Crippen molar-refractivity contribution < 1.29 is 18.6 Å². The third-order valence-electron chi connectivity index (χ3n) is 5.03. The van der Waals surface area contributed by atoms with E-state index < -0.39 is 0 Å². The fourth-order valence-corrected chi connectivity index (χ4v) is 3.29. The van der Waals surface area contributed by atoms with Crippen LogP contribution in [0.15, 0.2) is 53.5 Å². The van der Waals surface area contributed by atoms with Gasteiger partial charge in [-0.25, -0.2) is 4.39 Å². The number of nitrogens with one attached hydrogen (secondary N) is 2. The van der Waals surface area contributed by atoms with Crippen LogP contribution in [0.3, 0.4) is 0 Å². The molecule has 176 valence electrons. The van der Waals surface area contributed by atoms with Crippen molar-refractivity contribution in [3.8, 4) is 11.5 Å². The predicted octanol–water partition coefficient (Wildman–Crippen LogP) is 4.39. The molecule has 32 heavy (non-hydrogen) atoms. The average molecular weight is 557 g/mol. The van der Waals surface area contributed by atoms with Gasteiger partial charge in [-0.05, 0) is 49.1 Å². The lowest BCUT2D eigenvalue weighted by Crippen LogP contribution is -2.39. The number of aliphatic imine (C=N–C) groups is 1. The molecule has 1 aliphatic heterocycles. The van der Waals surface area contributed by atoms with Gasteiger partial charge < -0.3 is 24.8 Å². The highest BCUT2D eigenvalue weighted by Gasteiger charge is 2.15. The van der Waals surface area contributed by atoms with E-state index in [1.807, 2.05) is 24.3 Å². The Kier molecular flexibility index (Phi) is 12.4. The fraction of sp³-hybridized carbons (Fsp3) is 0.458. The number of guanidine groups is 1. The highest BCUT2D eigenvalue weighted by atomic mass is 127. The summed E-state index contributed by atoms with van der Waals surface area (Å²) in [7, 11) is 1.74. The smallest absolute Gasteiger partial charge is 0.190 e. The Balaban J connectivity index is 0.00000363.